The van der Waals surface area contributed by atoms with Gasteiger partial charge in [-0.1, -0.05) is 55.5 Å². The number of hydrogen-bond donors (Lipinski definition) is 2. The zero-order valence-electron chi connectivity index (χ0n) is 14.2. The van der Waals surface area contributed by atoms with Crippen LogP contribution in [0.25, 0.3) is 0 Å². The molecule has 1 fully saturated rings. The van der Waals surface area contributed by atoms with E-state index in [-0.39, 0.29) is 36.1 Å². The van der Waals surface area contributed by atoms with E-state index in [1.54, 1.807) is 12.1 Å². The lowest BCUT2D eigenvalue weighted by Gasteiger charge is -2.33. The fourth-order valence-corrected chi connectivity index (χ4v) is 3.03. The average Bonchev–Trinajstić information content (AvgIpc) is 2.54. The van der Waals surface area contributed by atoms with Crippen LogP contribution in [0.4, 0.5) is 4.39 Å². The van der Waals surface area contributed by atoms with E-state index in [4.69, 9.17) is 0 Å². The van der Waals surface area contributed by atoms with Crippen LogP contribution in [-0.2, 0) is 11.2 Å². The van der Waals surface area contributed by atoms with Crippen molar-refractivity contribution < 1.29 is 9.18 Å². The lowest BCUT2D eigenvalue weighted by Crippen LogP contribution is -2.50. The molecule has 2 atom stereocenters. The van der Waals surface area contributed by atoms with E-state index in [9.17, 15) is 9.18 Å². The Bertz CT molecular complexity index is 691. The van der Waals surface area contributed by atoms with Gasteiger partial charge < -0.3 is 10.6 Å². The van der Waals surface area contributed by atoms with E-state index in [2.05, 4.69) is 10.6 Å². The molecule has 134 valence electrons. The Morgan fingerprint density at radius 1 is 1.16 bits per heavy atom. The molecule has 3 rings (SSSR count). The predicted molar refractivity (Wildman–Crippen MR) is 100 cm³/mol. The highest BCUT2D eigenvalue weighted by molar-refractivity contribution is 5.85. The Morgan fingerprint density at radius 2 is 1.80 bits per heavy atom. The molecule has 1 amide bonds. The van der Waals surface area contributed by atoms with Crippen molar-refractivity contribution >= 4 is 18.3 Å². The molecule has 0 spiro atoms. The van der Waals surface area contributed by atoms with E-state index in [1.807, 2.05) is 43.3 Å². The van der Waals surface area contributed by atoms with Gasteiger partial charge in [-0.3, -0.25) is 4.79 Å². The Hall–Kier alpha value is -1.91. The molecule has 2 aromatic carbocycles. The topological polar surface area (TPSA) is 41.1 Å². The molecule has 0 radical (unpaired) electrons. The van der Waals surface area contributed by atoms with Gasteiger partial charge >= 0.3 is 0 Å². The monoisotopic (exact) mass is 362 g/mol. The zero-order chi connectivity index (χ0) is 16.9. The summed E-state index contributed by atoms with van der Waals surface area (Å²) in [5.74, 6) is 0.00155. The fourth-order valence-electron chi connectivity index (χ4n) is 3.03. The van der Waals surface area contributed by atoms with Crippen molar-refractivity contribution in [2.45, 2.75) is 19.4 Å². The van der Waals surface area contributed by atoms with Crippen LogP contribution in [0, 0.1) is 17.7 Å². The number of amides is 1. The fraction of sp³-hybridized carbons (Fsp3) is 0.350. The first-order chi connectivity index (χ1) is 11.6. The highest BCUT2D eigenvalue weighted by atomic mass is 35.5. The third-order valence-corrected chi connectivity index (χ3v) is 4.81. The van der Waals surface area contributed by atoms with E-state index in [0.29, 0.717) is 17.9 Å². The first kappa shape index (κ1) is 19.4. The molecule has 1 saturated heterocycles. The molecule has 1 aliphatic rings. The number of carbonyl (C=O) groups is 1. The number of hydrogen-bond acceptors (Lipinski definition) is 2. The molecule has 0 bridgehead atoms. The summed E-state index contributed by atoms with van der Waals surface area (Å²) in [6.07, 6.45) is 0.573. The number of halogens is 2. The Kier molecular flexibility index (Phi) is 6.97. The maximum absolute atomic E-state index is 14.3. The first-order valence-corrected chi connectivity index (χ1v) is 8.44. The van der Waals surface area contributed by atoms with Gasteiger partial charge in [-0.05, 0) is 37.1 Å². The summed E-state index contributed by atoms with van der Waals surface area (Å²) < 4.78 is 14.3. The number of nitrogens with one attached hydrogen (secondary N) is 2. The molecule has 1 aliphatic heterocycles. The zero-order valence-corrected chi connectivity index (χ0v) is 15.1. The van der Waals surface area contributed by atoms with Crippen molar-refractivity contribution in [1.82, 2.24) is 10.6 Å². The number of carbonyl (C=O) groups excluding carboxylic acids is 1. The van der Waals surface area contributed by atoms with Crippen molar-refractivity contribution in [3.05, 3.63) is 71.5 Å². The number of rotatable bonds is 6. The minimum absolute atomic E-state index is 0. The molecular formula is C20H24ClFN2O. The van der Waals surface area contributed by atoms with Gasteiger partial charge in [0.1, 0.15) is 5.82 Å². The molecule has 0 aliphatic carbocycles. The Morgan fingerprint density at radius 3 is 2.40 bits per heavy atom. The molecule has 2 unspecified atom stereocenters. The van der Waals surface area contributed by atoms with Crippen LogP contribution in [0.15, 0.2) is 54.6 Å². The molecule has 25 heavy (non-hydrogen) atoms. The quantitative estimate of drug-likeness (QED) is 0.825. The Balaban J connectivity index is 0.00000225. The van der Waals surface area contributed by atoms with Crippen molar-refractivity contribution in [3.8, 4) is 0 Å². The molecule has 1 heterocycles. The smallest absolute Gasteiger partial charge is 0.223 e. The largest absolute Gasteiger partial charge is 0.349 e. The van der Waals surface area contributed by atoms with Gasteiger partial charge in [0, 0.05) is 11.5 Å². The standard InChI is InChI=1S/C20H23FN2O.ClH/c1-14(16-12-22-13-16)20(24)23-19(11-15-7-3-2-4-8-15)17-9-5-6-10-18(17)21;/h2-10,14,16,19,22H,11-13H2,1H3,(H,23,24);1H. The first-order valence-electron chi connectivity index (χ1n) is 8.44. The van der Waals surface area contributed by atoms with Crippen LogP contribution >= 0.6 is 12.4 Å². The lowest BCUT2D eigenvalue weighted by atomic mass is 9.87. The van der Waals surface area contributed by atoms with Crippen LogP contribution in [-0.4, -0.2) is 19.0 Å². The number of benzene rings is 2. The third-order valence-electron chi connectivity index (χ3n) is 4.81. The van der Waals surface area contributed by atoms with E-state index >= 15 is 0 Å². The van der Waals surface area contributed by atoms with Gasteiger partial charge in [0.25, 0.3) is 0 Å². The normalized spacial score (nSPS) is 16.2. The van der Waals surface area contributed by atoms with Crippen LogP contribution in [0.5, 0.6) is 0 Å². The minimum Gasteiger partial charge on any atom is -0.349 e. The molecular weight excluding hydrogens is 339 g/mol. The van der Waals surface area contributed by atoms with Gasteiger partial charge in [0.2, 0.25) is 5.91 Å². The summed E-state index contributed by atoms with van der Waals surface area (Å²) in [7, 11) is 0. The van der Waals surface area contributed by atoms with Gasteiger partial charge in [-0.15, -0.1) is 12.4 Å². The van der Waals surface area contributed by atoms with Gasteiger partial charge in [0.15, 0.2) is 0 Å². The van der Waals surface area contributed by atoms with Crippen molar-refractivity contribution in [2.75, 3.05) is 13.1 Å². The predicted octanol–water partition coefficient (Wildman–Crippen LogP) is 3.50. The maximum atomic E-state index is 14.3. The second-order valence-electron chi connectivity index (χ2n) is 6.48. The van der Waals surface area contributed by atoms with Gasteiger partial charge in [-0.2, -0.15) is 0 Å². The van der Waals surface area contributed by atoms with Crippen molar-refractivity contribution in [3.63, 3.8) is 0 Å². The maximum Gasteiger partial charge on any atom is 0.223 e. The third kappa shape index (κ3) is 4.80. The van der Waals surface area contributed by atoms with E-state index in [1.165, 1.54) is 6.07 Å². The van der Waals surface area contributed by atoms with E-state index < -0.39 is 0 Å². The Labute approximate surface area is 154 Å². The van der Waals surface area contributed by atoms with Crippen LogP contribution < -0.4 is 10.6 Å². The molecule has 0 saturated carbocycles. The lowest BCUT2D eigenvalue weighted by molar-refractivity contribution is -0.127. The second-order valence-corrected chi connectivity index (χ2v) is 6.48. The molecule has 2 aromatic rings. The summed E-state index contributed by atoms with van der Waals surface area (Å²) in [6.45, 7) is 3.69. The molecule has 3 nitrogen and oxygen atoms in total. The summed E-state index contributed by atoms with van der Waals surface area (Å²) in [4.78, 5) is 12.6. The van der Waals surface area contributed by atoms with Gasteiger partial charge in [-0.25, -0.2) is 4.39 Å². The molecule has 5 heteroatoms. The van der Waals surface area contributed by atoms with Crippen molar-refractivity contribution in [1.29, 1.82) is 0 Å². The molecule has 2 N–H and O–H groups in total. The molecule has 0 aromatic heterocycles. The summed E-state index contributed by atoms with van der Waals surface area (Å²) in [5, 5.41) is 6.26. The van der Waals surface area contributed by atoms with Crippen molar-refractivity contribution in [2.24, 2.45) is 11.8 Å². The summed E-state index contributed by atoms with van der Waals surface area (Å²) in [6, 6.07) is 16.2. The summed E-state index contributed by atoms with van der Waals surface area (Å²) in [5.41, 5.74) is 1.61. The average molecular weight is 363 g/mol. The van der Waals surface area contributed by atoms with Crippen LogP contribution in [0.1, 0.15) is 24.1 Å². The SMILES string of the molecule is CC(C(=O)NC(Cc1ccccc1)c1ccccc1F)C1CNC1.Cl. The van der Waals surface area contributed by atoms with Gasteiger partial charge in [0.05, 0.1) is 6.04 Å². The second kappa shape index (κ2) is 8.97. The minimum atomic E-state index is -0.364. The highest BCUT2D eigenvalue weighted by Gasteiger charge is 2.30. The van der Waals surface area contributed by atoms with Crippen LogP contribution in [0.3, 0.4) is 0 Å². The van der Waals surface area contributed by atoms with Crippen LogP contribution in [0.2, 0.25) is 0 Å². The van der Waals surface area contributed by atoms with E-state index in [0.717, 1.165) is 18.7 Å². The summed E-state index contributed by atoms with van der Waals surface area (Å²) >= 11 is 0. The highest BCUT2D eigenvalue weighted by Crippen LogP contribution is 2.23.